The Morgan fingerprint density at radius 1 is 0.857 bits per heavy atom. The summed E-state index contributed by atoms with van der Waals surface area (Å²) in [5.41, 5.74) is 0.0482. The minimum absolute atomic E-state index is 0.238. The molecule has 2 atom stereocenters. The molecule has 4 heterocycles. The summed E-state index contributed by atoms with van der Waals surface area (Å²) >= 11 is 0. The summed E-state index contributed by atoms with van der Waals surface area (Å²) in [6, 6.07) is 10.5. The molecule has 2 unspecified atom stereocenters. The van der Waals surface area contributed by atoms with Crippen LogP contribution in [0.5, 0.6) is 5.75 Å². The molecule has 49 heavy (non-hydrogen) atoms. The quantitative estimate of drug-likeness (QED) is 0.184. The van der Waals surface area contributed by atoms with Gasteiger partial charge in [0.05, 0.1) is 22.7 Å². The number of imide groups is 1. The zero-order valence-corrected chi connectivity index (χ0v) is 27.9. The SMILES string of the molecule is CC1(C)OB(c2ccc3c(c2)OC2=CC(=O)C=CC2C32OC(=O)c3cc(C(=O)NCCCCCCN4C(=O)C=CC4=O)ccc32)OC1(C)C. The van der Waals surface area contributed by atoms with Gasteiger partial charge in [-0.2, -0.15) is 0 Å². The average Bonchev–Trinajstić information content (AvgIpc) is 3.62. The fourth-order valence-electron chi connectivity index (χ4n) is 6.91. The van der Waals surface area contributed by atoms with Gasteiger partial charge in [-0.15, -0.1) is 0 Å². The molecular weight excluding hydrogens is 627 g/mol. The molecule has 2 aromatic carbocycles. The predicted octanol–water partition coefficient (Wildman–Crippen LogP) is 3.65. The van der Waals surface area contributed by atoms with E-state index in [2.05, 4.69) is 5.32 Å². The van der Waals surface area contributed by atoms with Crippen molar-refractivity contribution in [2.45, 2.75) is 70.2 Å². The summed E-state index contributed by atoms with van der Waals surface area (Å²) < 4.78 is 25.1. The van der Waals surface area contributed by atoms with Crippen LogP contribution < -0.4 is 15.5 Å². The third kappa shape index (κ3) is 5.52. The molecule has 0 aromatic heterocycles. The van der Waals surface area contributed by atoms with Crippen molar-refractivity contribution in [1.82, 2.24) is 10.2 Å². The second-order valence-corrected chi connectivity index (χ2v) is 13.9. The maximum atomic E-state index is 13.6. The van der Waals surface area contributed by atoms with Crippen LogP contribution in [0.4, 0.5) is 0 Å². The number of hydrogen-bond donors (Lipinski definition) is 1. The van der Waals surface area contributed by atoms with Gasteiger partial charge in [-0.1, -0.05) is 37.1 Å². The number of rotatable bonds is 9. The van der Waals surface area contributed by atoms with Gasteiger partial charge in [-0.25, -0.2) is 4.79 Å². The Morgan fingerprint density at radius 3 is 2.29 bits per heavy atom. The first-order valence-electron chi connectivity index (χ1n) is 16.6. The number of ketones is 1. The molecule has 7 rings (SSSR count). The Bertz CT molecular complexity index is 1860. The van der Waals surface area contributed by atoms with E-state index in [1.54, 1.807) is 30.3 Å². The average molecular weight is 665 g/mol. The number of carbonyl (C=O) groups is 5. The lowest BCUT2D eigenvalue weighted by Crippen LogP contribution is -2.44. The Morgan fingerprint density at radius 2 is 1.55 bits per heavy atom. The maximum absolute atomic E-state index is 13.6. The number of fused-ring (bicyclic) bond motifs is 6. The predicted molar refractivity (Wildman–Crippen MR) is 178 cm³/mol. The zero-order chi connectivity index (χ0) is 34.7. The molecule has 1 spiro atoms. The largest absolute Gasteiger partial charge is 0.494 e. The van der Waals surface area contributed by atoms with E-state index >= 15 is 0 Å². The van der Waals surface area contributed by atoms with Crippen molar-refractivity contribution in [1.29, 1.82) is 0 Å². The summed E-state index contributed by atoms with van der Waals surface area (Å²) in [6.45, 7) is 8.70. The third-order valence-corrected chi connectivity index (χ3v) is 10.3. The van der Waals surface area contributed by atoms with Crippen molar-refractivity contribution in [2.24, 2.45) is 5.92 Å². The number of esters is 1. The van der Waals surface area contributed by atoms with Gasteiger partial charge in [-0.3, -0.25) is 24.1 Å². The van der Waals surface area contributed by atoms with Crippen molar-refractivity contribution in [3.05, 3.63) is 94.8 Å². The van der Waals surface area contributed by atoms with Gasteiger partial charge in [0.1, 0.15) is 11.5 Å². The molecule has 2 aromatic rings. The van der Waals surface area contributed by atoms with Gasteiger partial charge in [0.2, 0.25) is 0 Å². The summed E-state index contributed by atoms with van der Waals surface area (Å²) in [7, 11) is -0.655. The Kier molecular flexibility index (Phi) is 7.99. The van der Waals surface area contributed by atoms with E-state index in [9.17, 15) is 24.0 Å². The molecule has 4 aliphatic heterocycles. The molecule has 0 saturated carbocycles. The first kappa shape index (κ1) is 32.7. The molecule has 12 heteroatoms. The summed E-state index contributed by atoms with van der Waals surface area (Å²) in [6.07, 6.45) is 10.1. The summed E-state index contributed by atoms with van der Waals surface area (Å²) in [5, 5.41) is 2.91. The topological polar surface area (TPSA) is 138 Å². The van der Waals surface area contributed by atoms with Crippen LogP contribution in [0.2, 0.25) is 0 Å². The molecule has 11 nitrogen and oxygen atoms in total. The van der Waals surface area contributed by atoms with Crippen LogP contribution in [-0.4, -0.2) is 65.8 Å². The van der Waals surface area contributed by atoms with Gasteiger partial charge < -0.3 is 24.1 Å². The van der Waals surface area contributed by atoms with E-state index in [1.807, 2.05) is 39.8 Å². The van der Waals surface area contributed by atoms with E-state index in [1.165, 1.54) is 29.2 Å². The van der Waals surface area contributed by atoms with E-state index < -0.39 is 35.8 Å². The normalized spacial score (nSPS) is 24.1. The number of unbranched alkanes of at least 4 members (excludes halogenated alkanes) is 3. The number of nitrogens with zero attached hydrogens (tertiary/aromatic N) is 1. The van der Waals surface area contributed by atoms with Crippen LogP contribution in [0.1, 0.15) is 85.2 Å². The summed E-state index contributed by atoms with van der Waals surface area (Å²) in [4.78, 5) is 63.7. The number of benzene rings is 2. The maximum Gasteiger partial charge on any atom is 0.494 e. The van der Waals surface area contributed by atoms with Gasteiger partial charge >= 0.3 is 13.1 Å². The van der Waals surface area contributed by atoms with E-state index in [4.69, 9.17) is 18.8 Å². The van der Waals surface area contributed by atoms with Crippen molar-refractivity contribution in [3.63, 3.8) is 0 Å². The fraction of sp³-hybridized carbons (Fsp3) is 0.378. The lowest BCUT2D eigenvalue weighted by Gasteiger charge is -2.42. The van der Waals surface area contributed by atoms with Crippen LogP contribution in [0, 0.1) is 5.92 Å². The number of ether oxygens (including phenoxy) is 2. The van der Waals surface area contributed by atoms with Crippen LogP contribution >= 0.6 is 0 Å². The van der Waals surface area contributed by atoms with E-state index in [0.29, 0.717) is 54.1 Å². The molecule has 1 N–H and O–H groups in total. The molecule has 1 aliphatic carbocycles. The number of carbonyl (C=O) groups excluding carboxylic acids is 5. The Hall–Kier alpha value is -4.81. The standard InChI is InChI=1S/C37H37BN2O9/c1-35(2)36(3,4)49-38(48-35)23-10-13-27-29(20-23)46-30-21-24(41)11-14-28(30)37(27)26-12-9-22(19-25(26)34(45)47-37)33(44)39-17-7-5-6-8-18-40-31(42)15-16-32(40)43/h9-16,19-21,28H,5-8,17-18H2,1-4H3,(H,39,44). The smallest absolute Gasteiger partial charge is 0.460 e. The van der Waals surface area contributed by atoms with Gasteiger partial charge in [0.25, 0.3) is 17.7 Å². The second-order valence-electron chi connectivity index (χ2n) is 13.9. The Balaban J connectivity index is 1.09. The van der Waals surface area contributed by atoms with E-state index in [0.717, 1.165) is 18.3 Å². The van der Waals surface area contributed by atoms with Gasteiger partial charge in [0, 0.05) is 48.0 Å². The highest BCUT2D eigenvalue weighted by molar-refractivity contribution is 6.62. The molecule has 3 amide bonds. The van der Waals surface area contributed by atoms with Gasteiger partial charge in [0.15, 0.2) is 11.4 Å². The molecule has 5 aliphatic rings. The monoisotopic (exact) mass is 664 g/mol. The van der Waals surface area contributed by atoms with Crippen molar-refractivity contribution < 1.29 is 42.8 Å². The highest BCUT2D eigenvalue weighted by atomic mass is 16.7. The molecule has 1 fully saturated rings. The fourth-order valence-corrected chi connectivity index (χ4v) is 6.91. The number of hydrogen-bond acceptors (Lipinski definition) is 9. The number of nitrogens with one attached hydrogen (secondary N) is 1. The molecule has 1 saturated heterocycles. The van der Waals surface area contributed by atoms with Crippen LogP contribution in [0.25, 0.3) is 0 Å². The van der Waals surface area contributed by atoms with Crippen LogP contribution in [0.15, 0.2) is 72.5 Å². The number of allylic oxidation sites excluding steroid dienone is 2. The van der Waals surface area contributed by atoms with Crippen molar-refractivity contribution in [3.8, 4) is 5.75 Å². The highest BCUT2D eigenvalue weighted by Crippen LogP contribution is 2.56. The minimum Gasteiger partial charge on any atom is -0.460 e. The van der Waals surface area contributed by atoms with E-state index in [-0.39, 0.29) is 29.1 Å². The first-order chi connectivity index (χ1) is 23.3. The first-order valence-corrected chi connectivity index (χ1v) is 16.6. The lowest BCUT2D eigenvalue weighted by atomic mass is 9.70. The lowest BCUT2D eigenvalue weighted by molar-refractivity contribution is -0.136. The molecule has 252 valence electrons. The van der Waals surface area contributed by atoms with Gasteiger partial charge in [-0.05, 0) is 70.3 Å². The number of amides is 3. The second kappa shape index (κ2) is 12.0. The summed E-state index contributed by atoms with van der Waals surface area (Å²) in [5.74, 6) is -1.55. The van der Waals surface area contributed by atoms with Crippen molar-refractivity contribution >= 4 is 42.1 Å². The minimum atomic E-state index is -1.33. The zero-order valence-electron chi connectivity index (χ0n) is 27.9. The van der Waals surface area contributed by atoms with Crippen molar-refractivity contribution in [2.75, 3.05) is 13.1 Å². The third-order valence-electron chi connectivity index (χ3n) is 10.3. The highest BCUT2D eigenvalue weighted by Gasteiger charge is 2.58. The molecule has 0 radical (unpaired) electrons. The van der Waals surface area contributed by atoms with Crippen LogP contribution in [-0.2, 0) is 34.0 Å². The molecular formula is C37H37BN2O9. The molecule has 0 bridgehead atoms. The van der Waals surface area contributed by atoms with Crippen LogP contribution in [0.3, 0.4) is 0 Å². The Labute approximate surface area is 284 Å².